The number of hydrogen-bond donors (Lipinski definition) is 0. The fourth-order valence-corrected chi connectivity index (χ4v) is 3.70. The van der Waals surface area contributed by atoms with Crippen molar-refractivity contribution in [1.29, 1.82) is 0 Å². The second-order valence-corrected chi connectivity index (χ2v) is 6.76. The average Bonchev–Trinajstić information content (AvgIpc) is 2.46. The van der Waals surface area contributed by atoms with Crippen molar-refractivity contribution in [3.05, 3.63) is 65.7 Å². The quantitative estimate of drug-likeness (QED) is 0.727. The highest BCUT2D eigenvalue weighted by Crippen LogP contribution is 2.49. The molecule has 1 aliphatic rings. The molecule has 20 heavy (non-hydrogen) atoms. The summed E-state index contributed by atoms with van der Waals surface area (Å²) in [5.74, 6) is 0. The molecule has 2 aromatic rings. The fourth-order valence-electron chi connectivity index (χ4n) is 3.70. The third-order valence-electron chi connectivity index (χ3n) is 4.96. The molecule has 1 heteroatoms. The Balaban J connectivity index is 2.24. The molecule has 0 fully saturated rings. The molecule has 0 bridgehead atoms. The highest BCUT2D eigenvalue weighted by Gasteiger charge is 2.43. The van der Waals surface area contributed by atoms with Crippen molar-refractivity contribution in [2.45, 2.75) is 38.1 Å². The zero-order chi connectivity index (χ0) is 14.4. The largest absolute Gasteiger partial charge is 0.369 e. The third-order valence-corrected chi connectivity index (χ3v) is 4.96. The maximum absolute atomic E-state index is 2.42. The number of benzene rings is 2. The van der Waals surface area contributed by atoms with Gasteiger partial charge in [0.05, 0.1) is 0 Å². The first-order valence-electron chi connectivity index (χ1n) is 7.34. The molecule has 0 aliphatic carbocycles. The number of rotatable bonds is 1. The summed E-state index contributed by atoms with van der Waals surface area (Å²) in [6.07, 6.45) is 1.12. The molecular formula is C19H23N. The molecule has 1 aliphatic heterocycles. The Hall–Kier alpha value is -1.76. The van der Waals surface area contributed by atoms with Gasteiger partial charge in [-0.25, -0.2) is 0 Å². The van der Waals surface area contributed by atoms with Crippen LogP contribution in [0.4, 0.5) is 5.69 Å². The summed E-state index contributed by atoms with van der Waals surface area (Å²) < 4.78 is 0. The fraction of sp³-hybridized carbons (Fsp3) is 0.368. The summed E-state index contributed by atoms with van der Waals surface area (Å²) >= 11 is 0. The van der Waals surface area contributed by atoms with E-state index in [4.69, 9.17) is 0 Å². The maximum Gasteiger partial charge on any atom is 0.0409 e. The minimum atomic E-state index is 0.0772. The summed E-state index contributed by atoms with van der Waals surface area (Å²) in [5, 5.41) is 0. The van der Waals surface area contributed by atoms with E-state index in [0.29, 0.717) is 0 Å². The van der Waals surface area contributed by atoms with Gasteiger partial charge in [0.1, 0.15) is 0 Å². The van der Waals surface area contributed by atoms with Crippen molar-refractivity contribution in [3.8, 4) is 0 Å². The van der Waals surface area contributed by atoms with Gasteiger partial charge in [0, 0.05) is 23.7 Å². The van der Waals surface area contributed by atoms with Crippen LogP contribution in [0.25, 0.3) is 0 Å². The number of fused-ring (bicyclic) bond motifs is 1. The molecule has 0 unspecified atom stereocenters. The van der Waals surface area contributed by atoms with Gasteiger partial charge in [-0.2, -0.15) is 0 Å². The lowest BCUT2D eigenvalue weighted by atomic mass is 9.65. The van der Waals surface area contributed by atoms with Gasteiger partial charge in [-0.15, -0.1) is 0 Å². The lowest BCUT2D eigenvalue weighted by molar-refractivity contribution is 0.335. The molecule has 1 heterocycles. The number of nitrogens with zero attached hydrogens (tertiary/aromatic N) is 1. The second kappa shape index (κ2) is 4.37. The van der Waals surface area contributed by atoms with Crippen LogP contribution in [0.2, 0.25) is 0 Å². The van der Waals surface area contributed by atoms with Crippen LogP contribution in [-0.4, -0.2) is 12.6 Å². The van der Waals surface area contributed by atoms with Gasteiger partial charge in [-0.3, -0.25) is 0 Å². The molecule has 0 N–H and O–H groups in total. The predicted octanol–water partition coefficient (Wildman–Crippen LogP) is 4.61. The molecule has 0 aromatic heterocycles. The zero-order valence-corrected chi connectivity index (χ0v) is 12.9. The Morgan fingerprint density at radius 3 is 2.15 bits per heavy atom. The molecule has 104 valence electrons. The average molecular weight is 265 g/mol. The highest BCUT2D eigenvalue weighted by molar-refractivity contribution is 5.63. The van der Waals surface area contributed by atoms with E-state index in [2.05, 4.69) is 87.3 Å². The van der Waals surface area contributed by atoms with Crippen LogP contribution in [0, 0.1) is 0 Å². The standard InChI is InChI=1S/C19H23N/c1-18(2)14-19(3,15-10-6-5-7-11-15)16-12-8-9-13-17(16)20(18)4/h5-13H,14H2,1-4H3/t19-/m1/s1. The Morgan fingerprint density at radius 1 is 0.850 bits per heavy atom. The van der Waals surface area contributed by atoms with Crippen LogP contribution in [0.3, 0.4) is 0 Å². The summed E-state index contributed by atoms with van der Waals surface area (Å²) in [6, 6.07) is 19.7. The zero-order valence-electron chi connectivity index (χ0n) is 12.9. The van der Waals surface area contributed by atoms with Crippen molar-refractivity contribution in [3.63, 3.8) is 0 Å². The Bertz CT molecular complexity index is 615. The van der Waals surface area contributed by atoms with Crippen LogP contribution in [-0.2, 0) is 5.41 Å². The topological polar surface area (TPSA) is 3.24 Å². The van der Waals surface area contributed by atoms with Crippen LogP contribution in [0.1, 0.15) is 38.3 Å². The molecular weight excluding hydrogens is 242 g/mol. The van der Waals surface area contributed by atoms with Crippen LogP contribution in [0.5, 0.6) is 0 Å². The van der Waals surface area contributed by atoms with Gasteiger partial charge in [0.25, 0.3) is 0 Å². The van der Waals surface area contributed by atoms with E-state index in [1.54, 1.807) is 0 Å². The molecule has 0 spiro atoms. The first-order chi connectivity index (χ1) is 9.45. The van der Waals surface area contributed by atoms with Gasteiger partial charge in [-0.1, -0.05) is 55.5 Å². The molecule has 1 atom stereocenters. The summed E-state index contributed by atoms with van der Waals surface area (Å²) in [5.41, 5.74) is 4.43. The number of hydrogen-bond acceptors (Lipinski definition) is 1. The first-order valence-corrected chi connectivity index (χ1v) is 7.34. The predicted molar refractivity (Wildman–Crippen MR) is 86.4 cm³/mol. The molecule has 1 nitrogen and oxygen atoms in total. The van der Waals surface area contributed by atoms with Gasteiger partial charge in [0.15, 0.2) is 0 Å². The van der Waals surface area contributed by atoms with Crippen molar-refractivity contribution >= 4 is 5.69 Å². The van der Waals surface area contributed by atoms with Gasteiger partial charge in [0.2, 0.25) is 0 Å². The van der Waals surface area contributed by atoms with Crippen molar-refractivity contribution in [2.75, 3.05) is 11.9 Å². The Morgan fingerprint density at radius 2 is 1.45 bits per heavy atom. The van der Waals surface area contributed by atoms with Crippen LogP contribution < -0.4 is 4.90 Å². The molecule has 0 radical (unpaired) electrons. The van der Waals surface area contributed by atoms with Gasteiger partial charge < -0.3 is 4.90 Å². The smallest absolute Gasteiger partial charge is 0.0409 e. The minimum Gasteiger partial charge on any atom is -0.369 e. The van der Waals surface area contributed by atoms with E-state index in [-0.39, 0.29) is 11.0 Å². The van der Waals surface area contributed by atoms with Gasteiger partial charge in [-0.05, 0) is 37.5 Å². The number of para-hydroxylation sites is 1. The summed E-state index contributed by atoms with van der Waals surface area (Å²) in [6.45, 7) is 7.06. The Kier molecular flexibility index (Phi) is 2.89. The number of anilines is 1. The maximum atomic E-state index is 2.42. The highest BCUT2D eigenvalue weighted by atomic mass is 15.2. The van der Waals surface area contributed by atoms with Crippen molar-refractivity contribution < 1.29 is 0 Å². The first kappa shape index (κ1) is 13.2. The normalized spacial score (nSPS) is 24.3. The van der Waals surface area contributed by atoms with Crippen molar-refractivity contribution in [2.24, 2.45) is 0 Å². The van der Waals surface area contributed by atoms with E-state index in [1.807, 2.05) is 0 Å². The van der Waals surface area contributed by atoms with E-state index < -0.39 is 0 Å². The van der Waals surface area contributed by atoms with Crippen LogP contribution in [0.15, 0.2) is 54.6 Å². The van der Waals surface area contributed by atoms with E-state index in [9.17, 15) is 0 Å². The second-order valence-electron chi connectivity index (χ2n) is 6.76. The monoisotopic (exact) mass is 265 g/mol. The molecule has 0 saturated carbocycles. The van der Waals surface area contributed by atoms with Crippen LogP contribution >= 0.6 is 0 Å². The lowest BCUT2D eigenvalue weighted by Crippen LogP contribution is -2.51. The van der Waals surface area contributed by atoms with E-state index >= 15 is 0 Å². The molecule has 0 amide bonds. The molecule has 2 aromatic carbocycles. The minimum absolute atomic E-state index is 0.0772. The lowest BCUT2D eigenvalue weighted by Gasteiger charge is -2.51. The van der Waals surface area contributed by atoms with E-state index in [0.717, 1.165) is 6.42 Å². The van der Waals surface area contributed by atoms with Gasteiger partial charge >= 0.3 is 0 Å². The van der Waals surface area contributed by atoms with Crippen molar-refractivity contribution in [1.82, 2.24) is 0 Å². The third kappa shape index (κ3) is 1.84. The summed E-state index contributed by atoms with van der Waals surface area (Å²) in [4.78, 5) is 2.42. The molecule has 3 rings (SSSR count). The summed E-state index contributed by atoms with van der Waals surface area (Å²) in [7, 11) is 2.21. The Labute approximate surface area is 122 Å². The SMILES string of the molecule is CN1c2ccccc2[C@@](C)(c2ccccc2)CC1(C)C. The molecule has 0 saturated heterocycles. The van der Waals surface area contributed by atoms with E-state index in [1.165, 1.54) is 16.8 Å².